The van der Waals surface area contributed by atoms with E-state index in [1.807, 2.05) is 24.3 Å². The van der Waals surface area contributed by atoms with Crippen molar-refractivity contribution in [1.29, 1.82) is 0 Å². The number of carbonyl (C=O) groups is 1. The number of carbonyl (C=O) groups excluding carboxylic acids is 1. The summed E-state index contributed by atoms with van der Waals surface area (Å²) in [4.78, 5) is 20.8. The van der Waals surface area contributed by atoms with Crippen LogP contribution >= 0.6 is 0 Å². The smallest absolute Gasteiger partial charge is 0.241 e. The fraction of sp³-hybridized carbons (Fsp3) is 0.348. The second-order valence-corrected chi connectivity index (χ2v) is 9.72. The minimum Gasteiger partial charge on any atom is -0.495 e. The lowest BCUT2D eigenvalue weighted by Gasteiger charge is -2.36. The van der Waals surface area contributed by atoms with Crippen LogP contribution in [-0.2, 0) is 14.8 Å². The third kappa shape index (κ3) is 5.05. The Bertz CT molecular complexity index is 1280. The lowest BCUT2D eigenvalue weighted by atomic mass is 10.1. The van der Waals surface area contributed by atoms with Crippen LogP contribution in [0.15, 0.2) is 51.9 Å². The van der Waals surface area contributed by atoms with E-state index in [9.17, 15) is 13.2 Å². The van der Waals surface area contributed by atoms with Crippen LogP contribution in [0.4, 0.5) is 5.69 Å². The molecule has 0 bridgehead atoms. The van der Waals surface area contributed by atoms with Gasteiger partial charge >= 0.3 is 0 Å². The average Bonchev–Trinajstić information content (AvgIpc) is 3.29. The largest absolute Gasteiger partial charge is 0.495 e. The maximum atomic E-state index is 13.0. The van der Waals surface area contributed by atoms with Crippen molar-refractivity contribution in [2.24, 2.45) is 0 Å². The summed E-state index contributed by atoms with van der Waals surface area (Å²) in [6.45, 7) is 5.27. The zero-order valence-electron chi connectivity index (χ0n) is 19.3. The zero-order valence-corrected chi connectivity index (χ0v) is 20.1. The maximum absolute atomic E-state index is 13.0. The van der Waals surface area contributed by atoms with Gasteiger partial charge in [0.2, 0.25) is 27.6 Å². The molecule has 1 aliphatic heterocycles. The number of hydrogen-bond acceptors (Lipinski definition) is 8. The number of nitrogens with zero attached hydrogens (tertiary/aromatic N) is 4. The molecule has 2 heterocycles. The molecular weight excluding hydrogens is 458 g/mol. The van der Waals surface area contributed by atoms with E-state index in [0.717, 1.165) is 11.4 Å². The van der Waals surface area contributed by atoms with Gasteiger partial charge in [-0.15, -0.1) is 0 Å². The number of aryl methyl sites for hydroxylation is 2. The Kier molecular flexibility index (Phi) is 6.85. The van der Waals surface area contributed by atoms with E-state index >= 15 is 0 Å². The SMILES string of the molecule is COc1ccccc1N1CCN(C(=O)CNS(=O)(=O)c2cc(-c3noc(C)n3)ccc2C)CC1. The van der Waals surface area contributed by atoms with Crippen molar-refractivity contribution in [1.82, 2.24) is 19.8 Å². The van der Waals surface area contributed by atoms with E-state index in [0.29, 0.717) is 49.0 Å². The number of amides is 1. The molecule has 1 fully saturated rings. The molecule has 3 aromatic rings. The van der Waals surface area contributed by atoms with Crippen LogP contribution in [0.1, 0.15) is 11.5 Å². The molecule has 34 heavy (non-hydrogen) atoms. The maximum Gasteiger partial charge on any atom is 0.241 e. The number of methoxy groups -OCH3 is 1. The normalized spacial score (nSPS) is 14.3. The molecule has 1 N–H and O–H groups in total. The summed E-state index contributed by atoms with van der Waals surface area (Å²) in [7, 11) is -2.29. The fourth-order valence-electron chi connectivity index (χ4n) is 3.88. The first-order chi connectivity index (χ1) is 16.3. The molecule has 1 aromatic heterocycles. The quantitative estimate of drug-likeness (QED) is 0.540. The molecule has 0 radical (unpaired) electrons. The molecule has 11 heteroatoms. The van der Waals surface area contributed by atoms with Crippen molar-refractivity contribution in [2.45, 2.75) is 18.7 Å². The van der Waals surface area contributed by atoms with E-state index in [1.165, 1.54) is 6.07 Å². The van der Waals surface area contributed by atoms with Gasteiger partial charge in [-0.05, 0) is 30.7 Å². The Balaban J connectivity index is 1.38. The number of piperazine rings is 1. The average molecular weight is 486 g/mol. The summed E-state index contributed by atoms with van der Waals surface area (Å²) in [5, 5.41) is 3.84. The van der Waals surface area contributed by atoms with Gasteiger partial charge in [-0.1, -0.05) is 29.4 Å². The molecule has 0 unspecified atom stereocenters. The van der Waals surface area contributed by atoms with Crippen molar-refractivity contribution < 1.29 is 22.5 Å². The molecule has 10 nitrogen and oxygen atoms in total. The minimum atomic E-state index is -3.92. The van der Waals surface area contributed by atoms with E-state index in [2.05, 4.69) is 19.8 Å². The summed E-state index contributed by atoms with van der Waals surface area (Å²) >= 11 is 0. The lowest BCUT2D eigenvalue weighted by Crippen LogP contribution is -2.51. The highest BCUT2D eigenvalue weighted by molar-refractivity contribution is 7.89. The first kappa shape index (κ1) is 23.7. The van der Waals surface area contributed by atoms with Crippen molar-refractivity contribution in [3.63, 3.8) is 0 Å². The molecule has 0 atom stereocenters. The molecule has 1 saturated heterocycles. The molecule has 0 aliphatic carbocycles. The first-order valence-electron chi connectivity index (χ1n) is 10.9. The van der Waals surface area contributed by atoms with E-state index in [1.54, 1.807) is 38.0 Å². The monoisotopic (exact) mass is 485 g/mol. The van der Waals surface area contributed by atoms with Gasteiger partial charge in [-0.3, -0.25) is 4.79 Å². The Hall–Kier alpha value is -3.44. The highest BCUT2D eigenvalue weighted by Crippen LogP contribution is 2.28. The third-order valence-electron chi connectivity index (χ3n) is 5.74. The first-order valence-corrected chi connectivity index (χ1v) is 12.3. The number of rotatable bonds is 7. The van der Waals surface area contributed by atoms with Crippen LogP contribution in [0.2, 0.25) is 0 Å². The number of anilines is 1. The summed E-state index contributed by atoms with van der Waals surface area (Å²) in [6.07, 6.45) is 0. The predicted octanol–water partition coefficient (Wildman–Crippen LogP) is 1.99. The summed E-state index contributed by atoms with van der Waals surface area (Å²) in [5.74, 6) is 1.20. The number of ether oxygens (including phenoxy) is 1. The molecule has 0 spiro atoms. The standard InChI is InChI=1S/C23H27N5O5S/c1-16-8-9-18(23-25-17(2)33-26-23)14-21(16)34(30,31)24-15-22(29)28-12-10-27(11-13-28)19-6-4-5-7-20(19)32-3/h4-9,14,24H,10-13,15H2,1-3H3. The van der Waals surface area contributed by atoms with Crippen LogP contribution in [0.3, 0.4) is 0 Å². The van der Waals surface area contributed by atoms with Gasteiger partial charge in [0, 0.05) is 38.7 Å². The van der Waals surface area contributed by atoms with Crippen LogP contribution in [0.25, 0.3) is 11.4 Å². The van der Waals surface area contributed by atoms with Gasteiger partial charge in [0.05, 0.1) is 24.2 Å². The number of hydrogen-bond donors (Lipinski definition) is 1. The fourth-order valence-corrected chi connectivity index (χ4v) is 5.12. The lowest BCUT2D eigenvalue weighted by molar-refractivity contribution is -0.130. The van der Waals surface area contributed by atoms with Crippen molar-refractivity contribution >= 4 is 21.6 Å². The van der Waals surface area contributed by atoms with Gasteiger partial charge in [0.25, 0.3) is 0 Å². The molecule has 4 rings (SSSR count). The Morgan fingerprint density at radius 1 is 1.12 bits per heavy atom. The number of benzene rings is 2. The second kappa shape index (κ2) is 9.82. The van der Waals surface area contributed by atoms with E-state index in [4.69, 9.17) is 9.26 Å². The third-order valence-corrected chi connectivity index (χ3v) is 7.28. The number of aromatic nitrogens is 2. The molecule has 180 valence electrons. The molecule has 1 aliphatic rings. The van der Waals surface area contributed by atoms with E-state index < -0.39 is 10.0 Å². The minimum absolute atomic E-state index is 0.0706. The van der Waals surface area contributed by atoms with Crippen molar-refractivity contribution in [3.05, 3.63) is 53.9 Å². The summed E-state index contributed by atoms with van der Waals surface area (Å²) in [5.41, 5.74) is 2.04. The molecule has 2 aromatic carbocycles. The van der Waals surface area contributed by atoms with Crippen molar-refractivity contribution in [3.8, 4) is 17.1 Å². The number of para-hydroxylation sites is 2. The highest BCUT2D eigenvalue weighted by Gasteiger charge is 2.25. The Morgan fingerprint density at radius 3 is 2.53 bits per heavy atom. The highest BCUT2D eigenvalue weighted by atomic mass is 32.2. The molecule has 1 amide bonds. The molecular formula is C23H27N5O5S. The summed E-state index contributed by atoms with van der Waals surface area (Å²) < 4.78 is 38.8. The van der Waals surface area contributed by atoms with Gasteiger partial charge < -0.3 is 19.1 Å². The number of nitrogens with one attached hydrogen (secondary N) is 1. The molecule has 0 saturated carbocycles. The van der Waals surface area contributed by atoms with Gasteiger partial charge in [-0.2, -0.15) is 4.98 Å². The van der Waals surface area contributed by atoms with Gasteiger partial charge in [0.15, 0.2) is 0 Å². The van der Waals surface area contributed by atoms with E-state index in [-0.39, 0.29) is 17.3 Å². The van der Waals surface area contributed by atoms with Crippen LogP contribution in [0, 0.1) is 13.8 Å². The van der Waals surface area contributed by atoms with Crippen LogP contribution < -0.4 is 14.4 Å². The van der Waals surface area contributed by atoms with Crippen LogP contribution in [0.5, 0.6) is 5.75 Å². The van der Waals surface area contributed by atoms with Gasteiger partial charge in [0.1, 0.15) is 5.75 Å². The topological polar surface area (TPSA) is 118 Å². The Labute approximate surface area is 198 Å². The second-order valence-electron chi connectivity index (χ2n) is 7.98. The zero-order chi connectivity index (χ0) is 24.3. The Morgan fingerprint density at radius 2 is 1.85 bits per heavy atom. The van der Waals surface area contributed by atoms with Gasteiger partial charge in [-0.25, -0.2) is 13.1 Å². The summed E-state index contributed by atoms with van der Waals surface area (Å²) in [6, 6.07) is 12.6. The van der Waals surface area contributed by atoms with Crippen molar-refractivity contribution in [2.75, 3.05) is 44.7 Å². The number of sulfonamides is 1. The van der Waals surface area contributed by atoms with Crippen LogP contribution in [-0.4, -0.2) is 69.2 Å². The predicted molar refractivity (Wildman–Crippen MR) is 126 cm³/mol.